The van der Waals surface area contributed by atoms with Crippen LogP contribution < -0.4 is 21.3 Å². The summed E-state index contributed by atoms with van der Waals surface area (Å²) in [6.45, 7) is 8.71. The van der Waals surface area contributed by atoms with Crippen molar-refractivity contribution < 1.29 is 14.7 Å². The normalized spacial score (nSPS) is 13.4. The third kappa shape index (κ3) is 4.12. The maximum Gasteiger partial charge on any atom is 0.296 e. The minimum Gasteiger partial charge on any atom is -0.508 e. The van der Waals surface area contributed by atoms with E-state index in [2.05, 4.69) is 15.5 Å². The summed E-state index contributed by atoms with van der Waals surface area (Å²) in [7, 11) is 0. The number of phenols is 1. The highest BCUT2D eigenvalue weighted by molar-refractivity contribution is 6.04. The van der Waals surface area contributed by atoms with E-state index in [1.54, 1.807) is 6.07 Å². The van der Waals surface area contributed by atoms with Gasteiger partial charge < -0.3 is 15.4 Å². The Morgan fingerprint density at radius 3 is 2.34 bits per heavy atom. The average Bonchev–Trinajstić information content (AvgIpc) is 2.72. The number of pyridine rings is 1. The zero-order valence-electron chi connectivity index (χ0n) is 18.8. The number of hydrogen-bond acceptors (Lipinski definition) is 5. The first-order valence-corrected chi connectivity index (χ1v) is 10.4. The molecule has 0 saturated carbocycles. The Morgan fingerprint density at radius 2 is 1.72 bits per heavy atom. The molecule has 0 aliphatic heterocycles. The second-order valence-corrected chi connectivity index (χ2v) is 9.48. The lowest BCUT2D eigenvalue weighted by atomic mass is 9.78. The number of rotatable bonds is 4. The van der Waals surface area contributed by atoms with Crippen molar-refractivity contribution in [1.82, 2.24) is 4.98 Å². The third-order valence-corrected chi connectivity index (χ3v) is 5.74. The minimum absolute atomic E-state index is 0.0422. The van der Waals surface area contributed by atoms with Crippen LogP contribution in [0, 0.1) is 4.91 Å². The molecule has 1 aliphatic rings. The number of aromatic nitrogens is 1. The van der Waals surface area contributed by atoms with E-state index in [1.807, 2.05) is 32.9 Å². The Hall–Kier alpha value is -3.55. The van der Waals surface area contributed by atoms with Crippen LogP contribution in [0.5, 0.6) is 5.75 Å². The molecule has 0 saturated heterocycles. The van der Waals surface area contributed by atoms with Crippen LogP contribution in [-0.2, 0) is 15.6 Å². The number of amides is 2. The fourth-order valence-electron chi connectivity index (χ4n) is 3.79. The lowest BCUT2D eigenvalue weighted by molar-refractivity contribution is -0.122. The van der Waals surface area contributed by atoms with Crippen LogP contribution in [0.4, 0.5) is 5.69 Å². The van der Waals surface area contributed by atoms with Gasteiger partial charge in [-0.05, 0) is 43.7 Å². The first-order chi connectivity index (χ1) is 14.9. The fraction of sp³-hybridized carbons (Fsp3) is 0.375. The van der Waals surface area contributed by atoms with Gasteiger partial charge >= 0.3 is 0 Å². The Kier molecular flexibility index (Phi) is 5.91. The maximum absolute atomic E-state index is 13.0. The number of phenolic OH excluding ortho intramolecular Hbond substituents is 1. The monoisotopic (exact) mass is 437 g/mol. The molecule has 168 valence electrons. The number of anilines is 1. The van der Waals surface area contributed by atoms with Crippen LogP contribution in [0.15, 0.2) is 28.3 Å². The van der Waals surface area contributed by atoms with Crippen molar-refractivity contribution in [2.24, 2.45) is 5.18 Å². The summed E-state index contributed by atoms with van der Waals surface area (Å²) in [6, 6.07) is 2.92. The summed E-state index contributed by atoms with van der Waals surface area (Å²) in [5.74, 6) is -1.80. The van der Waals surface area contributed by atoms with Gasteiger partial charge in [-0.2, -0.15) is 0 Å². The predicted molar refractivity (Wildman–Crippen MR) is 123 cm³/mol. The molecule has 1 aromatic heterocycles. The zero-order chi connectivity index (χ0) is 23.8. The zero-order valence-corrected chi connectivity index (χ0v) is 18.8. The molecule has 0 bridgehead atoms. The van der Waals surface area contributed by atoms with Crippen molar-refractivity contribution in [2.45, 2.75) is 58.3 Å². The third-order valence-electron chi connectivity index (χ3n) is 5.74. The standard InChI is InChI=1S/C24H27N3O5/c1-23(2,3)15-10-16(24(4,5)22(31)27-32)19(28)11-18(15)26-21(30)14-12-25-17-9-7-6-8-13(17)20(14)29/h8-12,25,28H,6-7H2,1-5H3,(H,26,30). The van der Waals surface area contributed by atoms with E-state index in [-0.39, 0.29) is 22.3 Å². The highest BCUT2D eigenvalue weighted by Gasteiger charge is 2.35. The van der Waals surface area contributed by atoms with Crippen molar-refractivity contribution in [1.29, 1.82) is 0 Å². The molecule has 3 N–H and O–H groups in total. The lowest BCUT2D eigenvalue weighted by Crippen LogP contribution is -2.45. The molecule has 0 unspecified atom stereocenters. The van der Waals surface area contributed by atoms with Crippen molar-refractivity contribution in [3.8, 4) is 5.75 Å². The number of nitroso groups, excluding NO2 is 1. The number of carbonyl (C=O) groups excluding carboxylic acids is 2. The summed E-state index contributed by atoms with van der Waals surface area (Å²) in [5.41, 5.74) is -1.10. The van der Waals surface area contributed by atoms with Crippen LogP contribution in [0.3, 0.4) is 0 Å². The molecule has 0 spiro atoms. The molecule has 0 radical (unpaired) electrons. The molecule has 8 heteroatoms. The first kappa shape index (κ1) is 23.1. The van der Waals surface area contributed by atoms with Gasteiger partial charge in [0.05, 0.1) is 5.41 Å². The van der Waals surface area contributed by atoms with Gasteiger partial charge in [-0.1, -0.05) is 32.9 Å². The van der Waals surface area contributed by atoms with Gasteiger partial charge in [-0.25, -0.2) is 0 Å². The number of aromatic amines is 1. The summed E-state index contributed by atoms with van der Waals surface area (Å²) >= 11 is 0. The Labute approximate surface area is 185 Å². The van der Waals surface area contributed by atoms with Crippen molar-refractivity contribution in [2.75, 3.05) is 5.32 Å². The van der Waals surface area contributed by atoms with Crippen molar-refractivity contribution in [3.05, 3.63) is 60.7 Å². The number of fused-ring (bicyclic) bond motifs is 1. The number of H-pyrrole nitrogens is 1. The first-order valence-electron chi connectivity index (χ1n) is 10.4. The molecule has 8 nitrogen and oxygen atoms in total. The number of aromatic hydroxyl groups is 1. The lowest BCUT2D eigenvalue weighted by Gasteiger charge is -2.28. The predicted octanol–water partition coefficient (Wildman–Crippen LogP) is 2.56. The Balaban J connectivity index is 2.10. The van der Waals surface area contributed by atoms with E-state index in [0.717, 1.165) is 12.8 Å². The van der Waals surface area contributed by atoms with Crippen LogP contribution in [-0.4, -0.2) is 21.9 Å². The van der Waals surface area contributed by atoms with Gasteiger partial charge in [0.25, 0.3) is 11.8 Å². The molecule has 0 atom stereocenters. The van der Waals surface area contributed by atoms with E-state index in [1.165, 1.54) is 26.1 Å². The largest absolute Gasteiger partial charge is 0.508 e. The summed E-state index contributed by atoms with van der Waals surface area (Å²) in [6.07, 6.45) is 6.67. The topological polar surface area (TPSA) is 129 Å². The molecule has 32 heavy (non-hydrogen) atoms. The molecule has 2 aromatic rings. The Bertz CT molecular complexity index is 1300. The van der Waals surface area contributed by atoms with Gasteiger partial charge in [0, 0.05) is 39.3 Å². The number of nitrogens with one attached hydrogen (secondary N) is 2. The fourth-order valence-corrected chi connectivity index (χ4v) is 3.79. The molecule has 1 heterocycles. The highest BCUT2D eigenvalue weighted by atomic mass is 16.3. The maximum atomic E-state index is 13.0. The Morgan fingerprint density at radius 1 is 1.06 bits per heavy atom. The molecule has 0 fully saturated rings. The highest BCUT2D eigenvalue weighted by Crippen LogP contribution is 2.40. The number of hydrogen-bond donors (Lipinski definition) is 3. The van der Waals surface area contributed by atoms with E-state index in [0.29, 0.717) is 21.8 Å². The van der Waals surface area contributed by atoms with Crippen LogP contribution in [0.2, 0.25) is 0 Å². The van der Waals surface area contributed by atoms with Gasteiger partial charge in [0.15, 0.2) is 0 Å². The second-order valence-electron chi connectivity index (χ2n) is 9.48. The summed E-state index contributed by atoms with van der Waals surface area (Å²) in [5, 5.41) is 17.0. The molecule has 3 rings (SSSR count). The summed E-state index contributed by atoms with van der Waals surface area (Å²) < 4.78 is 0. The SMILES string of the molecule is CC(C)(C)c1cc(C(C)(C)C(=O)N=O)c(O)cc1NC(=O)c1c[nH]c2c(c1=O)=CCCC=2. The van der Waals surface area contributed by atoms with Crippen LogP contribution >= 0.6 is 0 Å². The molecule has 2 amide bonds. The smallest absolute Gasteiger partial charge is 0.296 e. The van der Waals surface area contributed by atoms with Crippen LogP contribution in [0.25, 0.3) is 12.2 Å². The van der Waals surface area contributed by atoms with Crippen molar-refractivity contribution in [3.63, 3.8) is 0 Å². The summed E-state index contributed by atoms with van der Waals surface area (Å²) in [4.78, 5) is 51.7. The number of nitrogens with zero attached hydrogens (tertiary/aromatic N) is 1. The molecule has 1 aliphatic carbocycles. The molecular formula is C24H27N3O5. The van der Waals surface area contributed by atoms with Gasteiger partial charge in [-0.3, -0.25) is 14.4 Å². The van der Waals surface area contributed by atoms with Gasteiger partial charge in [0.2, 0.25) is 5.43 Å². The number of benzene rings is 1. The average molecular weight is 437 g/mol. The van der Waals surface area contributed by atoms with E-state index < -0.39 is 22.6 Å². The number of carbonyl (C=O) groups is 2. The van der Waals surface area contributed by atoms with Gasteiger partial charge in [-0.15, -0.1) is 4.91 Å². The quantitative estimate of drug-likeness (QED) is 0.633. The van der Waals surface area contributed by atoms with E-state index >= 15 is 0 Å². The molecular weight excluding hydrogens is 410 g/mol. The minimum atomic E-state index is -1.35. The molecule has 1 aromatic carbocycles. The van der Waals surface area contributed by atoms with Crippen molar-refractivity contribution >= 4 is 29.7 Å². The second kappa shape index (κ2) is 8.18. The van der Waals surface area contributed by atoms with Gasteiger partial charge in [0.1, 0.15) is 11.3 Å². The van der Waals surface area contributed by atoms with E-state index in [4.69, 9.17) is 0 Å². The van der Waals surface area contributed by atoms with Crippen LogP contribution in [0.1, 0.15) is 68.9 Å². The van der Waals surface area contributed by atoms with E-state index in [9.17, 15) is 24.4 Å².